The van der Waals surface area contributed by atoms with Gasteiger partial charge in [-0.2, -0.15) is 10.2 Å². The number of anilines is 3. The van der Waals surface area contributed by atoms with Crippen LogP contribution < -0.4 is 15.8 Å². The zero-order chi connectivity index (χ0) is 15.4. The van der Waals surface area contributed by atoms with Gasteiger partial charge in [0.2, 0.25) is 5.88 Å². The van der Waals surface area contributed by atoms with Crippen molar-refractivity contribution in [3.63, 3.8) is 0 Å². The molecule has 0 aliphatic rings. The van der Waals surface area contributed by atoms with Crippen molar-refractivity contribution >= 4 is 17.2 Å². The lowest BCUT2D eigenvalue weighted by molar-refractivity contribution is 0.234. The highest BCUT2D eigenvalue weighted by Gasteiger charge is 2.09. The van der Waals surface area contributed by atoms with Crippen LogP contribution in [0, 0.1) is 17.1 Å². The summed E-state index contributed by atoms with van der Waals surface area (Å²) in [5, 5.41) is 12.0. The van der Waals surface area contributed by atoms with Crippen LogP contribution in [0.3, 0.4) is 0 Å². The van der Waals surface area contributed by atoms with Crippen molar-refractivity contribution in [2.24, 2.45) is 0 Å². The van der Waals surface area contributed by atoms with Gasteiger partial charge in [-0.1, -0.05) is 0 Å². The van der Waals surface area contributed by atoms with E-state index in [9.17, 15) is 4.39 Å². The topological polar surface area (TPSA) is 84.0 Å². The first-order chi connectivity index (χ1) is 9.99. The molecule has 0 fully saturated rings. The number of hydrogen-bond donors (Lipinski definition) is 2. The molecule has 0 amide bonds. The number of hydrogen-bond acceptors (Lipinski definition) is 5. The molecule has 1 aromatic carbocycles. The summed E-state index contributed by atoms with van der Waals surface area (Å²) in [6, 6.07) is 9.15. The van der Waals surface area contributed by atoms with Gasteiger partial charge < -0.3 is 15.8 Å². The highest BCUT2D eigenvalue weighted by molar-refractivity contribution is 5.66. The van der Waals surface area contributed by atoms with Gasteiger partial charge in [0.25, 0.3) is 0 Å². The van der Waals surface area contributed by atoms with E-state index < -0.39 is 5.82 Å². The van der Waals surface area contributed by atoms with Crippen LogP contribution in [0.1, 0.15) is 19.4 Å². The molecule has 0 aliphatic heterocycles. The fourth-order valence-electron chi connectivity index (χ4n) is 1.69. The van der Waals surface area contributed by atoms with E-state index in [0.717, 1.165) is 6.07 Å². The molecule has 3 N–H and O–H groups in total. The summed E-state index contributed by atoms with van der Waals surface area (Å²) in [7, 11) is 0. The molecule has 0 bridgehead atoms. The summed E-state index contributed by atoms with van der Waals surface area (Å²) in [6.07, 6.45) is -0.0597. The zero-order valence-corrected chi connectivity index (χ0v) is 11.7. The Morgan fingerprint density at radius 2 is 2.10 bits per heavy atom. The van der Waals surface area contributed by atoms with Crippen molar-refractivity contribution in [3.8, 4) is 11.9 Å². The van der Waals surface area contributed by atoms with E-state index >= 15 is 0 Å². The predicted molar refractivity (Wildman–Crippen MR) is 78.8 cm³/mol. The molecule has 108 valence electrons. The van der Waals surface area contributed by atoms with E-state index in [4.69, 9.17) is 15.7 Å². The Morgan fingerprint density at radius 3 is 2.76 bits per heavy atom. The highest BCUT2D eigenvalue weighted by Crippen LogP contribution is 2.25. The maximum absolute atomic E-state index is 13.1. The van der Waals surface area contributed by atoms with E-state index in [0.29, 0.717) is 23.1 Å². The molecule has 0 aliphatic carbocycles. The van der Waals surface area contributed by atoms with Crippen molar-refractivity contribution in [1.29, 1.82) is 5.26 Å². The second-order valence-electron chi connectivity index (χ2n) is 4.68. The van der Waals surface area contributed by atoms with E-state index in [1.807, 2.05) is 19.9 Å². The second kappa shape index (κ2) is 6.09. The third kappa shape index (κ3) is 3.60. The van der Waals surface area contributed by atoms with Crippen LogP contribution in [0.25, 0.3) is 0 Å². The number of nitrogens with two attached hydrogens (primary N) is 1. The lowest BCUT2D eigenvalue weighted by Gasteiger charge is -2.13. The minimum atomic E-state index is -0.466. The molecule has 5 nitrogen and oxygen atoms in total. The smallest absolute Gasteiger partial charge is 0.239 e. The molecule has 6 heteroatoms. The van der Waals surface area contributed by atoms with Crippen molar-refractivity contribution < 1.29 is 9.13 Å². The minimum absolute atomic E-state index is 0.0597. The molecular weight excluding hydrogens is 271 g/mol. The van der Waals surface area contributed by atoms with E-state index in [-0.39, 0.29) is 11.7 Å². The first-order valence-corrected chi connectivity index (χ1v) is 6.39. The third-order valence-corrected chi connectivity index (χ3v) is 2.60. The van der Waals surface area contributed by atoms with Crippen molar-refractivity contribution in [1.82, 2.24) is 4.98 Å². The molecule has 21 heavy (non-hydrogen) atoms. The number of halogens is 1. The molecule has 0 saturated carbocycles. The fourth-order valence-corrected chi connectivity index (χ4v) is 1.69. The number of ether oxygens (including phenoxy) is 1. The third-order valence-electron chi connectivity index (χ3n) is 2.60. The largest absolute Gasteiger partial charge is 0.473 e. The molecule has 2 aromatic rings. The highest BCUT2D eigenvalue weighted by atomic mass is 19.1. The van der Waals surface area contributed by atoms with Crippen molar-refractivity contribution in [3.05, 3.63) is 41.7 Å². The Morgan fingerprint density at radius 1 is 1.33 bits per heavy atom. The number of nitrogens with zero attached hydrogens (tertiary/aromatic N) is 2. The summed E-state index contributed by atoms with van der Waals surface area (Å²) in [5.74, 6) is 0.310. The Balaban J connectivity index is 2.30. The maximum atomic E-state index is 13.1. The fraction of sp³-hybridized carbons (Fsp3) is 0.200. The van der Waals surface area contributed by atoms with Crippen LogP contribution in [0.5, 0.6) is 5.88 Å². The summed E-state index contributed by atoms with van der Waals surface area (Å²) >= 11 is 0. The van der Waals surface area contributed by atoms with Crippen LogP contribution >= 0.6 is 0 Å². The second-order valence-corrected chi connectivity index (χ2v) is 4.68. The number of nitrogens with one attached hydrogen (secondary N) is 1. The first kappa shape index (κ1) is 14.6. The maximum Gasteiger partial charge on any atom is 0.239 e. The summed E-state index contributed by atoms with van der Waals surface area (Å²) < 4.78 is 18.6. The van der Waals surface area contributed by atoms with Gasteiger partial charge in [-0.25, -0.2) is 4.39 Å². The van der Waals surface area contributed by atoms with Gasteiger partial charge in [0.15, 0.2) is 0 Å². The molecule has 0 radical (unpaired) electrons. The minimum Gasteiger partial charge on any atom is -0.473 e. The average Bonchev–Trinajstić information content (AvgIpc) is 2.44. The molecule has 1 heterocycles. The lowest BCUT2D eigenvalue weighted by Crippen LogP contribution is -2.09. The Hall–Kier alpha value is -2.81. The number of nitrogen functional groups attached to an aromatic ring is 1. The SMILES string of the molecule is CC(C)Oc1nc(Nc2ccc(F)cc2C#N)ccc1N. The number of benzene rings is 1. The first-order valence-electron chi connectivity index (χ1n) is 6.39. The lowest BCUT2D eigenvalue weighted by atomic mass is 10.2. The van der Waals surface area contributed by atoms with Gasteiger partial charge in [-0.15, -0.1) is 0 Å². The number of aromatic nitrogens is 1. The standard InChI is InChI=1S/C15H15FN4O/c1-9(2)21-15-12(18)4-6-14(20-15)19-13-5-3-11(16)7-10(13)8-17/h3-7,9H,18H2,1-2H3,(H,19,20). The van der Waals surface area contributed by atoms with Gasteiger partial charge in [0, 0.05) is 0 Å². The molecule has 0 saturated heterocycles. The van der Waals surface area contributed by atoms with Gasteiger partial charge in [0.1, 0.15) is 17.7 Å². The van der Waals surface area contributed by atoms with Gasteiger partial charge in [-0.05, 0) is 44.2 Å². The Bertz CT molecular complexity index is 695. The summed E-state index contributed by atoms with van der Waals surface area (Å²) in [4.78, 5) is 4.24. The normalized spacial score (nSPS) is 10.2. The summed E-state index contributed by atoms with van der Waals surface area (Å²) in [6.45, 7) is 3.74. The van der Waals surface area contributed by atoms with E-state index in [1.165, 1.54) is 12.1 Å². The molecule has 0 atom stereocenters. The number of nitriles is 1. The molecule has 1 aromatic heterocycles. The Labute approximate surface area is 122 Å². The predicted octanol–water partition coefficient (Wildman–Crippen LogP) is 3.21. The molecule has 2 rings (SSSR count). The van der Waals surface area contributed by atoms with Crippen LogP contribution in [0.15, 0.2) is 30.3 Å². The van der Waals surface area contributed by atoms with Crippen LogP contribution in [0.2, 0.25) is 0 Å². The zero-order valence-electron chi connectivity index (χ0n) is 11.7. The van der Waals surface area contributed by atoms with Crippen molar-refractivity contribution in [2.75, 3.05) is 11.1 Å². The van der Waals surface area contributed by atoms with Gasteiger partial charge in [0.05, 0.1) is 23.0 Å². The van der Waals surface area contributed by atoms with Gasteiger partial charge in [-0.3, -0.25) is 0 Å². The Kier molecular flexibility index (Phi) is 4.24. The quantitative estimate of drug-likeness (QED) is 0.901. The monoisotopic (exact) mass is 286 g/mol. The summed E-state index contributed by atoms with van der Waals surface area (Å²) in [5.41, 5.74) is 6.87. The van der Waals surface area contributed by atoms with Crippen LogP contribution in [-0.4, -0.2) is 11.1 Å². The molecule has 0 unspecified atom stereocenters. The number of pyridine rings is 1. The van der Waals surface area contributed by atoms with Gasteiger partial charge >= 0.3 is 0 Å². The molecular formula is C15H15FN4O. The number of rotatable bonds is 4. The van der Waals surface area contributed by atoms with E-state index in [2.05, 4.69) is 10.3 Å². The van der Waals surface area contributed by atoms with Crippen molar-refractivity contribution in [2.45, 2.75) is 20.0 Å². The van der Waals surface area contributed by atoms with E-state index in [1.54, 1.807) is 12.1 Å². The molecule has 0 spiro atoms. The average molecular weight is 286 g/mol. The van der Waals surface area contributed by atoms with Crippen LogP contribution in [0.4, 0.5) is 21.6 Å². The van der Waals surface area contributed by atoms with Crippen LogP contribution in [-0.2, 0) is 0 Å².